The normalized spacial score (nSPS) is 14.8. The number of carbonyl (C=O) groups is 1. The second kappa shape index (κ2) is 4.66. The molecule has 1 heterocycles. The van der Waals surface area contributed by atoms with E-state index in [1.807, 2.05) is 0 Å². The largest absolute Gasteiger partial charge is 0.348 e. The molecule has 7 nitrogen and oxygen atoms in total. The van der Waals surface area contributed by atoms with Crippen molar-refractivity contribution in [2.75, 3.05) is 0 Å². The van der Waals surface area contributed by atoms with Gasteiger partial charge in [0.05, 0.1) is 6.54 Å². The Hall–Kier alpha value is -1.50. The van der Waals surface area contributed by atoms with Gasteiger partial charge in [-0.3, -0.25) is 4.79 Å². The van der Waals surface area contributed by atoms with Gasteiger partial charge in [-0.25, -0.2) is 0 Å². The van der Waals surface area contributed by atoms with Gasteiger partial charge in [-0.2, -0.15) is 5.21 Å². The molecule has 0 aliphatic heterocycles. The highest BCUT2D eigenvalue weighted by molar-refractivity contribution is 5.78. The van der Waals surface area contributed by atoms with Crippen LogP contribution in [0.15, 0.2) is 0 Å². The molecule has 0 saturated carbocycles. The minimum absolute atomic E-state index is 0.107. The second-order valence-electron chi connectivity index (χ2n) is 3.19. The molecule has 0 radical (unpaired) electrons. The molecule has 14 heavy (non-hydrogen) atoms. The van der Waals surface area contributed by atoms with Crippen molar-refractivity contribution >= 4 is 5.91 Å². The highest BCUT2D eigenvalue weighted by Crippen LogP contribution is 1.99. The van der Waals surface area contributed by atoms with Crippen LogP contribution in [0.3, 0.4) is 0 Å². The molecule has 0 aromatic carbocycles. The summed E-state index contributed by atoms with van der Waals surface area (Å²) in [4.78, 5) is 11.4. The number of nitrogens with zero attached hydrogens (tertiary/aromatic N) is 3. The van der Waals surface area contributed by atoms with Crippen molar-refractivity contribution in [1.82, 2.24) is 25.9 Å². The molecule has 78 valence electrons. The van der Waals surface area contributed by atoms with E-state index in [0.717, 1.165) is 0 Å². The number of nitrogens with two attached hydrogens (primary N) is 1. The first-order valence-corrected chi connectivity index (χ1v) is 4.37. The van der Waals surface area contributed by atoms with Crippen molar-refractivity contribution in [2.24, 2.45) is 11.7 Å². The minimum Gasteiger partial charge on any atom is -0.348 e. The van der Waals surface area contributed by atoms with Gasteiger partial charge in [0.1, 0.15) is 0 Å². The molecule has 0 bridgehead atoms. The fourth-order valence-corrected chi connectivity index (χ4v) is 0.823. The van der Waals surface area contributed by atoms with Crippen molar-refractivity contribution < 1.29 is 4.79 Å². The van der Waals surface area contributed by atoms with E-state index in [1.54, 1.807) is 13.8 Å². The average molecular weight is 198 g/mol. The van der Waals surface area contributed by atoms with Crippen molar-refractivity contribution in [3.05, 3.63) is 5.82 Å². The zero-order valence-electron chi connectivity index (χ0n) is 8.19. The summed E-state index contributed by atoms with van der Waals surface area (Å²) in [5.41, 5.74) is 5.58. The van der Waals surface area contributed by atoms with Crippen molar-refractivity contribution in [3.63, 3.8) is 0 Å². The second-order valence-corrected chi connectivity index (χ2v) is 3.19. The summed E-state index contributed by atoms with van der Waals surface area (Å²) < 4.78 is 0. The number of hydrogen-bond acceptors (Lipinski definition) is 5. The predicted octanol–water partition coefficient (Wildman–Crippen LogP) is -1.20. The fraction of sp³-hybridized carbons (Fsp3) is 0.714. The lowest BCUT2D eigenvalue weighted by Crippen LogP contribution is -2.38. The zero-order chi connectivity index (χ0) is 10.6. The molecule has 7 heteroatoms. The first kappa shape index (κ1) is 10.6. The number of rotatable bonds is 4. The Labute approximate surface area is 81.4 Å². The summed E-state index contributed by atoms with van der Waals surface area (Å²) in [6.07, 6.45) is 0. The number of carbonyl (C=O) groups excluding carboxylic acids is 1. The maximum atomic E-state index is 11.4. The molecule has 1 amide bonds. The van der Waals surface area contributed by atoms with Crippen LogP contribution >= 0.6 is 0 Å². The highest BCUT2D eigenvalue weighted by Gasteiger charge is 2.16. The topological polar surface area (TPSA) is 110 Å². The van der Waals surface area contributed by atoms with E-state index in [-0.39, 0.29) is 24.4 Å². The van der Waals surface area contributed by atoms with Gasteiger partial charge in [-0.05, 0) is 6.92 Å². The number of H-pyrrole nitrogens is 1. The third-order valence-corrected chi connectivity index (χ3v) is 2.01. The van der Waals surface area contributed by atoms with Crippen molar-refractivity contribution in [1.29, 1.82) is 0 Å². The molecule has 0 spiro atoms. The number of tetrazole rings is 1. The molecule has 1 aromatic heterocycles. The first-order chi connectivity index (χ1) is 6.61. The van der Waals surface area contributed by atoms with Crippen LogP contribution in [0.2, 0.25) is 0 Å². The summed E-state index contributed by atoms with van der Waals surface area (Å²) in [6.45, 7) is 3.83. The van der Waals surface area contributed by atoms with Gasteiger partial charge in [-0.1, -0.05) is 12.1 Å². The van der Waals surface area contributed by atoms with Crippen LogP contribution in [0.25, 0.3) is 0 Å². The van der Waals surface area contributed by atoms with Gasteiger partial charge in [0, 0.05) is 12.0 Å². The molecule has 1 aromatic rings. The standard InChI is InChI=1S/C7H14N6O/c1-4(5(2)8)7(14)9-3-6-10-12-13-11-6/h4-5H,3,8H2,1-2H3,(H,9,14)(H,10,11,12,13). The van der Waals surface area contributed by atoms with E-state index >= 15 is 0 Å². The lowest BCUT2D eigenvalue weighted by molar-refractivity contribution is -0.125. The van der Waals surface area contributed by atoms with E-state index in [1.165, 1.54) is 0 Å². The average Bonchev–Trinajstić information content (AvgIpc) is 2.65. The molecule has 2 unspecified atom stereocenters. The van der Waals surface area contributed by atoms with Crippen LogP contribution in [-0.2, 0) is 11.3 Å². The van der Waals surface area contributed by atoms with Crippen LogP contribution < -0.4 is 11.1 Å². The molecule has 2 atom stereocenters. The third-order valence-electron chi connectivity index (χ3n) is 2.01. The summed E-state index contributed by atoms with van der Waals surface area (Å²) in [5, 5.41) is 15.7. The van der Waals surface area contributed by atoms with Crippen LogP contribution in [0.5, 0.6) is 0 Å². The minimum atomic E-state index is -0.220. The maximum absolute atomic E-state index is 11.4. The van der Waals surface area contributed by atoms with Crippen LogP contribution in [0.1, 0.15) is 19.7 Å². The number of hydrogen-bond donors (Lipinski definition) is 3. The van der Waals surface area contributed by atoms with E-state index < -0.39 is 0 Å². The monoisotopic (exact) mass is 198 g/mol. The van der Waals surface area contributed by atoms with Gasteiger partial charge in [0.15, 0.2) is 5.82 Å². The Morgan fingerprint density at radius 1 is 1.64 bits per heavy atom. The van der Waals surface area contributed by atoms with Crippen LogP contribution in [0, 0.1) is 5.92 Å². The van der Waals surface area contributed by atoms with Gasteiger partial charge in [0.2, 0.25) is 5.91 Å². The van der Waals surface area contributed by atoms with Crippen LogP contribution in [0.4, 0.5) is 0 Å². The summed E-state index contributed by atoms with van der Waals surface area (Å²) in [6, 6.07) is -0.166. The molecule has 1 rings (SSSR count). The van der Waals surface area contributed by atoms with Crippen molar-refractivity contribution in [2.45, 2.75) is 26.4 Å². The molecule has 0 fully saturated rings. The Morgan fingerprint density at radius 3 is 2.86 bits per heavy atom. The molecule has 0 aliphatic carbocycles. The predicted molar refractivity (Wildman–Crippen MR) is 48.8 cm³/mol. The quantitative estimate of drug-likeness (QED) is 0.563. The SMILES string of the molecule is CC(N)C(C)C(=O)NCc1nn[nH]n1. The first-order valence-electron chi connectivity index (χ1n) is 4.37. The number of nitrogens with one attached hydrogen (secondary N) is 2. The van der Waals surface area contributed by atoms with Gasteiger partial charge >= 0.3 is 0 Å². The highest BCUT2D eigenvalue weighted by atomic mass is 16.1. The van der Waals surface area contributed by atoms with E-state index in [0.29, 0.717) is 5.82 Å². The Bertz CT molecular complexity index is 282. The summed E-state index contributed by atoms with van der Waals surface area (Å²) in [7, 11) is 0. The van der Waals surface area contributed by atoms with Crippen LogP contribution in [-0.4, -0.2) is 32.6 Å². The summed E-state index contributed by atoms with van der Waals surface area (Å²) >= 11 is 0. The molecular weight excluding hydrogens is 184 g/mol. The van der Waals surface area contributed by atoms with E-state index in [9.17, 15) is 4.79 Å². The Kier molecular flexibility index (Phi) is 3.52. The van der Waals surface area contributed by atoms with Gasteiger partial charge in [0.25, 0.3) is 0 Å². The third kappa shape index (κ3) is 2.77. The number of amides is 1. The number of aromatic amines is 1. The Morgan fingerprint density at radius 2 is 2.36 bits per heavy atom. The smallest absolute Gasteiger partial charge is 0.224 e. The summed E-state index contributed by atoms with van der Waals surface area (Å²) in [5.74, 6) is 0.127. The lowest BCUT2D eigenvalue weighted by atomic mass is 10.0. The van der Waals surface area contributed by atoms with E-state index in [4.69, 9.17) is 5.73 Å². The fourth-order valence-electron chi connectivity index (χ4n) is 0.823. The molecule has 4 N–H and O–H groups in total. The molecular formula is C7H14N6O. The van der Waals surface area contributed by atoms with Gasteiger partial charge in [-0.15, -0.1) is 10.2 Å². The zero-order valence-corrected chi connectivity index (χ0v) is 8.19. The van der Waals surface area contributed by atoms with Crippen molar-refractivity contribution in [3.8, 4) is 0 Å². The number of aromatic nitrogens is 4. The maximum Gasteiger partial charge on any atom is 0.224 e. The molecule has 0 aliphatic rings. The molecule has 0 saturated heterocycles. The Balaban J connectivity index is 2.35. The lowest BCUT2D eigenvalue weighted by Gasteiger charge is -2.14. The van der Waals surface area contributed by atoms with Gasteiger partial charge < -0.3 is 11.1 Å². The van der Waals surface area contributed by atoms with E-state index in [2.05, 4.69) is 25.9 Å².